The van der Waals surface area contributed by atoms with Crippen molar-refractivity contribution in [2.45, 2.75) is 33.1 Å². The highest BCUT2D eigenvalue weighted by molar-refractivity contribution is 5.98. The van der Waals surface area contributed by atoms with Crippen LogP contribution in [0, 0.1) is 5.82 Å². The average Bonchev–Trinajstić information content (AvgIpc) is 2.32. The standard InChI is InChI=1S/C13H17FO3/c1-3-5-6-10(15)9-7-8-11(17-4-2)12(14)13(9)16/h7-8,16H,3-6H2,1-2H3. The number of phenolic OH excluding ortho intramolecular Hbond substituents is 1. The maximum absolute atomic E-state index is 13.6. The zero-order chi connectivity index (χ0) is 12.8. The number of carbonyl (C=O) groups excluding carboxylic acids is 1. The van der Waals surface area contributed by atoms with E-state index in [1.807, 2.05) is 6.92 Å². The fraction of sp³-hybridized carbons (Fsp3) is 0.462. The van der Waals surface area contributed by atoms with Crippen molar-refractivity contribution in [3.05, 3.63) is 23.5 Å². The summed E-state index contributed by atoms with van der Waals surface area (Å²) < 4.78 is 18.6. The van der Waals surface area contributed by atoms with Crippen molar-refractivity contribution in [2.75, 3.05) is 6.61 Å². The lowest BCUT2D eigenvalue weighted by Gasteiger charge is -2.09. The monoisotopic (exact) mass is 240 g/mol. The summed E-state index contributed by atoms with van der Waals surface area (Å²) in [6.07, 6.45) is 1.93. The van der Waals surface area contributed by atoms with Crippen LogP contribution in [0.15, 0.2) is 12.1 Å². The van der Waals surface area contributed by atoms with Gasteiger partial charge >= 0.3 is 0 Å². The first-order chi connectivity index (χ1) is 8.11. The first-order valence-electron chi connectivity index (χ1n) is 5.79. The van der Waals surface area contributed by atoms with E-state index in [2.05, 4.69) is 0 Å². The number of Topliss-reactive ketones (excluding diaryl/α,β-unsaturated/α-hetero) is 1. The third kappa shape index (κ3) is 3.19. The van der Waals surface area contributed by atoms with Crippen molar-refractivity contribution in [3.8, 4) is 11.5 Å². The highest BCUT2D eigenvalue weighted by atomic mass is 19.1. The lowest BCUT2D eigenvalue weighted by atomic mass is 10.0. The lowest BCUT2D eigenvalue weighted by Crippen LogP contribution is -2.02. The van der Waals surface area contributed by atoms with Gasteiger partial charge in [-0.05, 0) is 25.5 Å². The fourth-order valence-corrected chi connectivity index (χ4v) is 1.51. The third-order valence-corrected chi connectivity index (χ3v) is 2.44. The number of carbonyl (C=O) groups is 1. The Morgan fingerprint density at radius 2 is 2.12 bits per heavy atom. The van der Waals surface area contributed by atoms with Gasteiger partial charge in [0.25, 0.3) is 0 Å². The number of hydrogen-bond acceptors (Lipinski definition) is 3. The van der Waals surface area contributed by atoms with Gasteiger partial charge in [0, 0.05) is 6.42 Å². The number of unbranched alkanes of at least 4 members (excludes halogenated alkanes) is 1. The molecule has 0 saturated carbocycles. The number of phenols is 1. The summed E-state index contributed by atoms with van der Waals surface area (Å²) in [6, 6.07) is 2.78. The van der Waals surface area contributed by atoms with Crippen LogP contribution in [0.5, 0.6) is 11.5 Å². The molecule has 0 spiro atoms. The normalized spacial score (nSPS) is 10.3. The number of aromatic hydroxyl groups is 1. The van der Waals surface area contributed by atoms with Crippen molar-refractivity contribution < 1.29 is 19.0 Å². The molecule has 0 radical (unpaired) electrons. The van der Waals surface area contributed by atoms with Crippen LogP contribution in [0.2, 0.25) is 0 Å². The molecule has 0 saturated heterocycles. The second-order valence-electron chi connectivity index (χ2n) is 3.73. The zero-order valence-electron chi connectivity index (χ0n) is 10.1. The number of hydrogen-bond donors (Lipinski definition) is 1. The highest BCUT2D eigenvalue weighted by Crippen LogP contribution is 2.30. The summed E-state index contributed by atoms with van der Waals surface area (Å²) in [5.74, 6) is -1.76. The molecular formula is C13H17FO3. The second kappa shape index (κ2) is 6.23. The summed E-state index contributed by atoms with van der Waals surface area (Å²) in [6.45, 7) is 3.99. The van der Waals surface area contributed by atoms with Crippen LogP contribution in [-0.4, -0.2) is 17.5 Å². The SMILES string of the molecule is CCCCC(=O)c1ccc(OCC)c(F)c1O. The molecule has 0 aromatic heterocycles. The maximum Gasteiger partial charge on any atom is 0.207 e. The van der Waals surface area contributed by atoms with E-state index in [0.29, 0.717) is 13.0 Å². The highest BCUT2D eigenvalue weighted by Gasteiger charge is 2.17. The minimum absolute atomic E-state index is 0.0272. The average molecular weight is 240 g/mol. The van der Waals surface area contributed by atoms with Gasteiger partial charge in [-0.1, -0.05) is 13.3 Å². The van der Waals surface area contributed by atoms with Gasteiger partial charge < -0.3 is 9.84 Å². The largest absolute Gasteiger partial charge is 0.504 e. The van der Waals surface area contributed by atoms with Crippen LogP contribution in [0.25, 0.3) is 0 Å². The van der Waals surface area contributed by atoms with Crippen LogP contribution < -0.4 is 4.74 Å². The van der Waals surface area contributed by atoms with Gasteiger partial charge in [-0.3, -0.25) is 4.79 Å². The van der Waals surface area contributed by atoms with E-state index in [9.17, 15) is 14.3 Å². The molecule has 0 heterocycles. The Morgan fingerprint density at radius 3 is 2.71 bits per heavy atom. The molecule has 94 valence electrons. The molecule has 0 aliphatic carbocycles. The minimum atomic E-state index is -0.866. The van der Waals surface area contributed by atoms with Crippen LogP contribution in [-0.2, 0) is 0 Å². The van der Waals surface area contributed by atoms with Crippen LogP contribution in [0.1, 0.15) is 43.5 Å². The molecule has 0 aliphatic heterocycles. The predicted molar refractivity (Wildman–Crippen MR) is 63.1 cm³/mol. The Bertz CT molecular complexity index is 402. The van der Waals surface area contributed by atoms with E-state index in [-0.39, 0.29) is 17.1 Å². The quantitative estimate of drug-likeness (QED) is 0.776. The first-order valence-corrected chi connectivity index (χ1v) is 5.79. The molecule has 1 aromatic carbocycles. The van der Waals surface area contributed by atoms with Gasteiger partial charge in [0.1, 0.15) is 0 Å². The molecule has 17 heavy (non-hydrogen) atoms. The van der Waals surface area contributed by atoms with Crippen molar-refractivity contribution in [2.24, 2.45) is 0 Å². The number of rotatable bonds is 6. The number of benzene rings is 1. The van der Waals surface area contributed by atoms with Gasteiger partial charge in [-0.15, -0.1) is 0 Å². The Balaban J connectivity index is 2.95. The molecule has 0 atom stereocenters. The Labute approximate surface area is 100 Å². The first kappa shape index (κ1) is 13.5. The van der Waals surface area contributed by atoms with E-state index in [1.54, 1.807) is 6.92 Å². The van der Waals surface area contributed by atoms with E-state index in [0.717, 1.165) is 12.8 Å². The van der Waals surface area contributed by atoms with Crippen LogP contribution in [0.4, 0.5) is 4.39 Å². The third-order valence-electron chi connectivity index (χ3n) is 2.44. The summed E-state index contributed by atoms with van der Waals surface area (Å²) in [4.78, 5) is 11.7. The maximum atomic E-state index is 13.6. The van der Waals surface area contributed by atoms with Crippen molar-refractivity contribution in [1.82, 2.24) is 0 Å². The molecule has 4 heteroatoms. The molecule has 0 fully saturated rings. The van der Waals surface area contributed by atoms with E-state index in [1.165, 1.54) is 12.1 Å². The molecule has 1 N–H and O–H groups in total. The molecule has 0 aliphatic rings. The fourth-order valence-electron chi connectivity index (χ4n) is 1.51. The molecule has 1 rings (SSSR count). The topological polar surface area (TPSA) is 46.5 Å². The number of ketones is 1. The number of halogens is 1. The van der Waals surface area contributed by atoms with Gasteiger partial charge in [-0.2, -0.15) is 4.39 Å². The molecule has 1 aromatic rings. The van der Waals surface area contributed by atoms with E-state index in [4.69, 9.17) is 4.74 Å². The Morgan fingerprint density at radius 1 is 1.41 bits per heavy atom. The van der Waals surface area contributed by atoms with Gasteiger partial charge in [-0.25, -0.2) is 0 Å². The van der Waals surface area contributed by atoms with Crippen molar-refractivity contribution in [1.29, 1.82) is 0 Å². The Kier molecular flexibility index (Phi) is 4.94. The molecular weight excluding hydrogens is 223 g/mol. The van der Waals surface area contributed by atoms with Crippen LogP contribution >= 0.6 is 0 Å². The molecule has 0 amide bonds. The molecule has 0 bridgehead atoms. The van der Waals surface area contributed by atoms with Crippen molar-refractivity contribution >= 4 is 5.78 Å². The van der Waals surface area contributed by atoms with E-state index < -0.39 is 11.6 Å². The smallest absolute Gasteiger partial charge is 0.207 e. The predicted octanol–water partition coefficient (Wildman–Crippen LogP) is 3.30. The second-order valence-corrected chi connectivity index (χ2v) is 3.73. The lowest BCUT2D eigenvalue weighted by molar-refractivity contribution is 0.0976. The summed E-state index contributed by atoms with van der Waals surface area (Å²) in [5, 5.41) is 9.60. The van der Waals surface area contributed by atoms with Crippen LogP contribution in [0.3, 0.4) is 0 Å². The molecule has 3 nitrogen and oxygen atoms in total. The number of ether oxygens (including phenoxy) is 1. The summed E-state index contributed by atoms with van der Waals surface area (Å²) >= 11 is 0. The molecule has 0 unspecified atom stereocenters. The van der Waals surface area contributed by atoms with Gasteiger partial charge in [0.2, 0.25) is 5.82 Å². The Hall–Kier alpha value is -1.58. The summed E-state index contributed by atoms with van der Waals surface area (Å²) in [5.41, 5.74) is 0.0272. The minimum Gasteiger partial charge on any atom is -0.504 e. The van der Waals surface area contributed by atoms with Gasteiger partial charge in [0.15, 0.2) is 17.3 Å². The van der Waals surface area contributed by atoms with Crippen molar-refractivity contribution in [3.63, 3.8) is 0 Å². The summed E-state index contributed by atoms with van der Waals surface area (Å²) in [7, 11) is 0. The zero-order valence-corrected chi connectivity index (χ0v) is 10.1. The van der Waals surface area contributed by atoms with Gasteiger partial charge in [0.05, 0.1) is 12.2 Å². The van der Waals surface area contributed by atoms with E-state index >= 15 is 0 Å².